The minimum absolute atomic E-state index is 0.230. The van der Waals surface area contributed by atoms with Gasteiger partial charge >= 0.3 is 6.09 Å². The van der Waals surface area contributed by atoms with Crippen LogP contribution in [0.4, 0.5) is 10.7 Å². The van der Waals surface area contributed by atoms with Gasteiger partial charge in [0.25, 0.3) is 0 Å². The number of nitriles is 1. The highest BCUT2D eigenvalue weighted by molar-refractivity contribution is 7.99. The quantitative estimate of drug-likeness (QED) is 0.630. The normalized spacial score (nSPS) is 10.0. The van der Waals surface area contributed by atoms with Gasteiger partial charge in [-0.1, -0.05) is 11.8 Å². The molecule has 92 valence electrons. The number of nitrogens with zero attached hydrogens (tertiary/aromatic N) is 4. The van der Waals surface area contributed by atoms with Crippen molar-refractivity contribution in [2.75, 3.05) is 18.2 Å². The zero-order valence-corrected chi connectivity index (χ0v) is 10.1. The molecule has 9 heteroatoms. The van der Waals surface area contributed by atoms with Gasteiger partial charge in [-0.2, -0.15) is 10.2 Å². The summed E-state index contributed by atoms with van der Waals surface area (Å²) >= 11 is 1.21. The average molecular weight is 264 g/mol. The number of ether oxygens (including phenoxy) is 1. The first-order chi connectivity index (χ1) is 8.72. The number of nitrogens with one attached hydrogen (secondary N) is 2. The second-order valence-corrected chi connectivity index (χ2v) is 3.98. The molecule has 0 atom stereocenters. The van der Waals surface area contributed by atoms with Crippen molar-refractivity contribution in [3.63, 3.8) is 0 Å². The number of rotatable bonds is 3. The Bertz CT molecular complexity index is 619. The molecular weight excluding hydrogens is 256 g/mol. The van der Waals surface area contributed by atoms with Gasteiger partial charge in [-0.25, -0.2) is 14.8 Å². The van der Waals surface area contributed by atoms with E-state index < -0.39 is 6.09 Å². The zero-order valence-electron chi connectivity index (χ0n) is 9.30. The first kappa shape index (κ1) is 12.1. The first-order valence-electron chi connectivity index (χ1n) is 4.80. The molecule has 0 aliphatic rings. The summed E-state index contributed by atoms with van der Waals surface area (Å²) < 4.78 is 4.44. The molecular formula is C9H8N6O2S. The number of methoxy groups -OCH3 is 1. The van der Waals surface area contributed by atoms with Gasteiger partial charge in [0.15, 0.2) is 10.8 Å². The van der Waals surface area contributed by atoms with Gasteiger partial charge in [-0.05, 0) is 0 Å². The van der Waals surface area contributed by atoms with E-state index in [-0.39, 0.29) is 11.7 Å². The van der Waals surface area contributed by atoms with Crippen LogP contribution in [0.15, 0.2) is 11.4 Å². The van der Waals surface area contributed by atoms with Crippen LogP contribution in [-0.2, 0) is 4.74 Å². The Balaban J connectivity index is 2.23. The Morgan fingerprint density at radius 3 is 3.22 bits per heavy atom. The molecule has 0 fully saturated rings. The number of carbonyl (C=O) groups is 1. The molecule has 0 unspecified atom stereocenters. The smallest absolute Gasteiger partial charge is 0.413 e. The molecule has 2 N–H and O–H groups in total. The van der Waals surface area contributed by atoms with Crippen LogP contribution < -0.4 is 5.32 Å². The maximum absolute atomic E-state index is 11.0. The largest absolute Gasteiger partial charge is 0.453 e. The van der Waals surface area contributed by atoms with Crippen LogP contribution in [0.2, 0.25) is 0 Å². The van der Waals surface area contributed by atoms with Gasteiger partial charge < -0.3 is 9.72 Å². The number of hydrogen-bond acceptors (Lipinski definition) is 7. The summed E-state index contributed by atoms with van der Waals surface area (Å²) in [4.78, 5) is 26.0. The van der Waals surface area contributed by atoms with Crippen LogP contribution in [0.1, 0.15) is 0 Å². The van der Waals surface area contributed by atoms with E-state index in [0.29, 0.717) is 16.3 Å². The van der Waals surface area contributed by atoms with E-state index in [1.54, 1.807) is 0 Å². The van der Waals surface area contributed by atoms with Crippen LogP contribution in [0.25, 0.3) is 11.2 Å². The lowest BCUT2D eigenvalue weighted by Crippen LogP contribution is -2.11. The molecule has 0 aliphatic heterocycles. The summed E-state index contributed by atoms with van der Waals surface area (Å²) in [6.07, 6.45) is 0.915. The fourth-order valence-electron chi connectivity index (χ4n) is 1.17. The van der Waals surface area contributed by atoms with Crippen LogP contribution >= 0.6 is 11.8 Å². The van der Waals surface area contributed by atoms with Crippen LogP contribution in [0.5, 0.6) is 0 Å². The Morgan fingerprint density at radius 2 is 2.50 bits per heavy atom. The second kappa shape index (κ2) is 5.33. The highest BCUT2D eigenvalue weighted by Gasteiger charge is 2.09. The van der Waals surface area contributed by atoms with Crippen LogP contribution in [0, 0.1) is 11.3 Å². The first-order valence-corrected chi connectivity index (χ1v) is 5.79. The fourth-order valence-corrected chi connectivity index (χ4v) is 1.64. The number of amides is 1. The lowest BCUT2D eigenvalue weighted by atomic mass is 10.6. The average Bonchev–Trinajstić information content (AvgIpc) is 2.77. The summed E-state index contributed by atoms with van der Waals surface area (Å²) in [5.74, 6) is 0.497. The lowest BCUT2D eigenvalue weighted by molar-refractivity contribution is 0.186. The molecule has 18 heavy (non-hydrogen) atoms. The highest BCUT2D eigenvalue weighted by atomic mass is 32.2. The molecule has 0 spiro atoms. The standard InChI is InChI=1S/C9H8N6O2S/c1-17-9(16)15-7-12-5-4-11-8(18-3-2-10)14-6(5)13-7/h4H,3H2,1H3,(H2,11,12,13,14,15,16). The van der Waals surface area contributed by atoms with Crippen molar-refractivity contribution in [3.05, 3.63) is 6.20 Å². The third-order valence-electron chi connectivity index (χ3n) is 1.89. The van der Waals surface area contributed by atoms with E-state index in [1.165, 1.54) is 25.1 Å². The fraction of sp³-hybridized carbons (Fsp3) is 0.222. The molecule has 0 aromatic carbocycles. The predicted molar refractivity (Wildman–Crippen MR) is 64.0 cm³/mol. The molecule has 2 rings (SSSR count). The summed E-state index contributed by atoms with van der Waals surface area (Å²) in [6, 6.07) is 1.98. The van der Waals surface area contributed by atoms with Gasteiger partial charge in [-0.15, -0.1) is 0 Å². The maximum atomic E-state index is 11.0. The van der Waals surface area contributed by atoms with Gasteiger partial charge in [-0.3, -0.25) is 5.32 Å². The minimum atomic E-state index is -0.624. The molecule has 0 saturated carbocycles. The number of hydrogen-bond donors (Lipinski definition) is 2. The van der Waals surface area contributed by atoms with Crippen LogP contribution in [-0.4, -0.2) is 38.9 Å². The summed E-state index contributed by atoms with van der Waals surface area (Å²) in [5.41, 5.74) is 1.000. The van der Waals surface area contributed by atoms with E-state index in [1.807, 2.05) is 6.07 Å². The Kier molecular flexibility index (Phi) is 3.59. The number of aromatic nitrogens is 4. The van der Waals surface area contributed by atoms with E-state index in [2.05, 4.69) is 30.0 Å². The molecule has 2 aromatic heterocycles. The number of thioether (sulfide) groups is 1. The number of H-pyrrole nitrogens is 1. The van der Waals surface area contributed by atoms with Crippen molar-refractivity contribution in [3.8, 4) is 6.07 Å². The van der Waals surface area contributed by atoms with Gasteiger partial charge in [0, 0.05) is 0 Å². The third kappa shape index (κ3) is 2.67. The van der Waals surface area contributed by atoms with E-state index in [0.717, 1.165) is 0 Å². The van der Waals surface area contributed by atoms with Gasteiger partial charge in [0.1, 0.15) is 5.52 Å². The molecule has 8 nitrogen and oxygen atoms in total. The van der Waals surface area contributed by atoms with Crippen molar-refractivity contribution >= 4 is 35.0 Å². The monoisotopic (exact) mass is 264 g/mol. The van der Waals surface area contributed by atoms with E-state index in [9.17, 15) is 4.79 Å². The van der Waals surface area contributed by atoms with Gasteiger partial charge in [0.2, 0.25) is 5.95 Å². The second-order valence-electron chi connectivity index (χ2n) is 3.04. The highest BCUT2D eigenvalue weighted by Crippen LogP contribution is 2.16. The maximum Gasteiger partial charge on any atom is 0.413 e. The van der Waals surface area contributed by atoms with Crippen LogP contribution in [0.3, 0.4) is 0 Å². The molecule has 0 bridgehead atoms. The Labute approximate surface area is 106 Å². The zero-order chi connectivity index (χ0) is 13.0. The third-order valence-corrected chi connectivity index (χ3v) is 2.62. The molecule has 0 aliphatic carbocycles. The summed E-state index contributed by atoms with van der Waals surface area (Å²) in [6.45, 7) is 0. The number of carbonyl (C=O) groups excluding carboxylic acids is 1. The van der Waals surface area contributed by atoms with Crippen molar-refractivity contribution in [1.82, 2.24) is 19.9 Å². The molecule has 2 heterocycles. The Morgan fingerprint density at radius 1 is 1.67 bits per heavy atom. The number of fused-ring (bicyclic) bond motifs is 1. The molecule has 0 saturated heterocycles. The van der Waals surface area contributed by atoms with E-state index in [4.69, 9.17) is 5.26 Å². The lowest BCUT2D eigenvalue weighted by Gasteiger charge is -1.96. The van der Waals surface area contributed by atoms with Gasteiger partial charge in [0.05, 0.1) is 25.1 Å². The van der Waals surface area contributed by atoms with Crippen molar-refractivity contribution in [2.24, 2.45) is 0 Å². The molecule has 0 radical (unpaired) electrons. The number of aromatic amines is 1. The predicted octanol–water partition coefficient (Wildman–Crippen LogP) is 1.15. The molecule has 2 aromatic rings. The number of imidazole rings is 1. The topological polar surface area (TPSA) is 117 Å². The Hall–Kier alpha value is -2.34. The van der Waals surface area contributed by atoms with E-state index >= 15 is 0 Å². The molecule has 1 amide bonds. The van der Waals surface area contributed by atoms with Crippen molar-refractivity contribution in [1.29, 1.82) is 5.26 Å². The summed E-state index contributed by atoms with van der Waals surface area (Å²) in [7, 11) is 1.26. The van der Waals surface area contributed by atoms with Crippen molar-refractivity contribution < 1.29 is 9.53 Å². The minimum Gasteiger partial charge on any atom is -0.453 e. The SMILES string of the molecule is COC(=O)Nc1nc2nc(SCC#N)ncc2[nH]1. The summed E-state index contributed by atoms with van der Waals surface area (Å²) in [5, 5.41) is 11.3. The van der Waals surface area contributed by atoms with Crippen molar-refractivity contribution in [2.45, 2.75) is 5.16 Å². The number of anilines is 1.